The summed E-state index contributed by atoms with van der Waals surface area (Å²) in [7, 11) is 0. The van der Waals surface area contributed by atoms with Gasteiger partial charge in [0.15, 0.2) is 0 Å². The van der Waals surface area contributed by atoms with Crippen LogP contribution in [0.25, 0.3) is 10.8 Å². The fraction of sp³-hybridized carbons (Fsp3) is 0.350. The zero-order valence-electron chi connectivity index (χ0n) is 15.5. The molecule has 1 aliphatic heterocycles. The largest absolute Gasteiger partial charge is 0.402 e. The first-order valence-electron chi connectivity index (χ1n) is 9.29. The quantitative estimate of drug-likeness (QED) is 0.641. The van der Waals surface area contributed by atoms with Crippen molar-refractivity contribution in [3.05, 3.63) is 52.9 Å². The molecule has 3 aromatic rings. The Balaban J connectivity index is 0.00000225. The molecule has 0 atom stereocenters. The van der Waals surface area contributed by atoms with Gasteiger partial charge in [0.05, 0.1) is 4.88 Å². The molecule has 1 aliphatic rings. The highest BCUT2D eigenvalue weighted by Gasteiger charge is 2.15. The van der Waals surface area contributed by atoms with Gasteiger partial charge in [0, 0.05) is 17.0 Å². The third kappa shape index (κ3) is 5.19. The van der Waals surface area contributed by atoms with E-state index >= 15 is 0 Å². The zero-order valence-corrected chi connectivity index (χ0v) is 17.1. The van der Waals surface area contributed by atoms with E-state index in [0.717, 1.165) is 11.4 Å². The SMILES string of the molecule is Cl.O=C(Nc1nnc(-c2ccc(CN3CCCCCC3)s2)o1)c1ccccc1. The highest BCUT2D eigenvalue weighted by Crippen LogP contribution is 2.29. The Bertz CT molecular complexity index is 889. The second-order valence-electron chi connectivity index (χ2n) is 6.69. The maximum atomic E-state index is 12.2. The second kappa shape index (κ2) is 9.82. The van der Waals surface area contributed by atoms with Crippen molar-refractivity contribution in [3.63, 3.8) is 0 Å². The molecule has 1 fully saturated rings. The van der Waals surface area contributed by atoms with Crippen molar-refractivity contribution in [3.8, 4) is 10.8 Å². The van der Waals surface area contributed by atoms with Gasteiger partial charge in [-0.15, -0.1) is 28.8 Å². The number of halogens is 1. The lowest BCUT2D eigenvalue weighted by Crippen LogP contribution is -2.23. The number of rotatable bonds is 5. The number of thiophene rings is 1. The van der Waals surface area contributed by atoms with E-state index in [1.807, 2.05) is 24.3 Å². The van der Waals surface area contributed by atoms with Crippen LogP contribution in [0.4, 0.5) is 6.01 Å². The number of benzene rings is 1. The van der Waals surface area contributed by atoms with Crippen LogP contribution in [0.15, 0.2) is 46.9 Å². The van der Waals surface area contributed by atoms with Gasteiger partial charge in [-0.2, -0.15) is 0 Å². The number of amides is 1. The van der Waals surface area contributed by atoms with E-state index in [4.69, 9.17) is 4.42 Å². The molecule has 1 amide bonds. The third-order valence-electron chi connectivity index (χ3n) is 4.63. The first kappa shape index (κ1) is 20.5. The van der Waals surface area contributed by atoms with E-state index in [2.05, 4.69) is 26.5 Å². The van der Waals surface area contributed by atoms with E-state index in [9.17, 15) is 4.79 Å². The van der Waals surface area contributed by atoms with Crippen LogP contribution in [0, 0.1) is 0 Å². The summed E-state index contributed by atoms with van der Waals surface area (Å²) in [6.07, 6.45) is 5.25. The van der Waals surface area contributed by atoms with Crippen molar-refractivity contribution in [2.24, 2.45) is 0 Å². The number of hydrogen-bond donors (Lipinski definition) is 1. The van der Waals surface area contributed by atoms with Gasteiger partial charge in [0.2, 0.25) is 0 Å². The molecule has 4 rings (SSSR count). The Kier molecular flexibility index (Phi) is 7.19. The number of hydrogen-bond acceptors (Lipinski definition) is 6. The summed E-state index contributed by atoms with van der Waals surface area (Å²) in [5.41, 5.74) is 0.549. The van der Waals surface area contributed by atoms with E-state index < -0.39 is 0 Å². The molecule has 28 heavy (non-hydrogen) atoms. The molecule has 0 spiro atoms. The van der Waals surface area contributed by atoms with Gasteiger partial charge in [-0.1, -0.05) is 36.1 Å². The lowest BCUT2D eigenvalue weighted by atomic mass is 10.2. The van der Waals surface area contributed by atoms with Crippen LogP contribution in [-0.4, -0.2) is 34.1 Å². The molecule has 0 bridgehead atoms. The lowest BCUT2D eigenvalue weighted by Gasteiger charge is -2.18. The lowest BCUT2D eigenvalue weighted by molar-refractivity contribution is 0.102. The van der Waals surface area contributed by atoms with Crippen LogP contribution in [0.5, 0.6) is 0 Å². The molecule has 1 saturated heterocycles. The molecule has 6 nitrogen and oxygen atoms in total. The van der Waals surface area contributed by atoms with Crippen LogP contribution in [-0.2, 0) is 6.54 Å². The number of carbonyl (C=O) groups excluding carboxylic acids is 1. The van der Waals surface area contributed by atoms with E-state index in [-0.39, 0.29) is 24.3 Å². The zero-order chi connectivity index (χ0) is 18.5. The Morgan fingerprint density at radius 3 is 2.54 bits per heavy atom. The number of aromatic nitrogens is 2. The maximum absolute atomic E-state index is 12.2. The molecule has 2 aromatic heterocycles. The first-order valence-corrected chi connectivity index (χ1v) is 10.1. The van der Waals surface area contributed by atoms with Gasteiger partial charge in [0.25, 0.3) is 11.8 Å². The van der Waals surface area contributed by atoms with Crippen molar-refractivity contribution in [1.82, 2.24) is 15.1 Å². The highest BCUT2D eigenvalue weighted by molar-refractivity contribution is 7.15. The summed E-state index contributed by atoms with van der Waals surface area (Å²) in [5, 5.41) is 10.7. The molecule has 0 radical (unpaired) electrons. The van der Waals surface area contributed by atoms with E-state index in [1.54, 1.807) is 23.5 Å². The predicted octanol–water partition coefficient (Wildman–Crippen LogP) is 4.85. The maximum Gasteiger partial charge on any atom is 0.322 e. The van der Waals surface area contributed by atoms with Gasteiger partial charge in [-0.25, -0.2) is 0 Å². The molecule has 148 valence electrons. The number of nitrogens with one attached hydrogen (secondary N) is 1. The van der Waals surface area contributed by atoms with Crippen LogP contribution in [0.1, 0.15) is 40.9 Å². The summed E-state index contributed by atoms with van der Waals surface area (Å²) >= 11 is 1.66. The fourth-order valence-corrected chi connectivity index (χ4v) is 4.20. The van der Waals surface area contributed by atoms with E-state index in [0.29, 0.717) is 11.5 Å². The van der Waals surface area contributed by atoms with Crippen LogP contribution in [0.2, 0.25) is 0 Å². The summed E-state index contributed by atoms with van der Waals surface area (Å²) in [6.45, 7) is 3.31. The van der Waals surface area contributed by atoms with Crippen molar-refractivity contribution in [1.29, 1.82) is 0 Å². The smallest absolute Gasteiger partial charge is 0.322 e. The standard InChI is InChI=1S/C20H22N4O2S.ClH/c25-18(15-8-4-3-5-9-15)21-20-23-22-19(26-20)17-11-10-16(27-17)14-24-12-6-1-2-7-13-24;/h3-5,8-11H,1-2,6-7,12-14H2,(H,21,23,25);1H. The number of nitrogens with zero attached hydrogens (tertiary/aromatic N) is 3. The minimum atomic E-state index is -0.265. The molecular formula is C20H23ClN4O2S. The second-order valence-corrected chi connectivity index (χ2v) is 7.86. The summed E-state index contributed by atoms with van der Waals surface area (Å²) in [6, 6.07) is 13.2. The van der Waals surface area contributed by atoms with Crippen molar-refractivity contribution < 1.29 is 9.21 Å². The third-order valence-corrected chi connectivity index (χ3v) is 5.69. The number of likely N-dealkylation sites (tertiary alicyclic amines) is 1. The van der Waals surface area contributed by atoms with Gasteiger partial charge < -0.3 is 4.42 Å². The fourth-order valence-electron chi connectivity index (χ4n) is 3.22. The van der Waals surface area contributed by atoms with Gasteiger partial charge in [0.1, 0.15) is 0 Å². The Labute approximate surface area is 174 Å². The monoisotopic (exact) mass is 418 g/mol. The summed E-state index contributed by atoms with van der Waals surface area (Å²) < 4.78 is 5.63. The first-order chi connectivity index (χ1) is 13.3. The topological polar surface area (TPSA) is 71.3 Å². The molecule has 8 heteroatoms. The molecule has 0 saturated carbocycles. The van der Waals surface area contributed by atoms with Crippen LogP contribution < -0.4 is 5.32 Å². The van der Waals surface area contributed by atoms with Crippen molar-refractivity contribution >= 4 is 35.7 Å². The molecule has 3 heterocycles. The molecular weight excluding hydrogens is 396 g/mol. The highest BCUT2D eigenvalue weighted by atomic mass is 35.5. The van der Waals surface area contributed by atoms with E-state index in [1.165, 1.54) is 43.6 Å². The minimum absolute atomic E-state index is 0. The Hall–Kier alpha value is -2.22. The van der Waals surface area contributed by atoms with Crippen molar-refractivity contribution in [2.45, 2.75) is 32.2 Å². The molecule has 0 unspecified atom stereocenters. The number of anilines is 1. The predicted molar refractivity (Wildman–Crippen MR) is 113 cm³/mol. The minimum Gasteiger partial charge on any atom is -0.402 e. The number of carbonyl (C=O) groups is 1. The van der Waals surface area contributed by atoms with Gasteiger partial charge in [-0.3, -0.25) is 15.0 Å². The molecule has 0 aliphatic carbocycles. The van der Waals surface area contributed by atoms with Crippen LogP contribution in [0.3, 0.4) is 0 Å². The molecule has 1 aromatic carbocycles. The Morgan fingerprint density at radius 1 is 1.04 bits per heavy atom. The molecule has 1 N–H and O–H groups in total. The van der Waals surface area contributed by atoms with Gasteiger partial charge >= 0.3 is 6.01 Å². The Morgan fingerprint density at radius 2 is 1.79 bits per heavy atom. The average Bonchev–Trinajstić information content (AvgIpc) is 3.27. The normalized spacial score (nSPS) is 14.9. The summed E-state index contributed by atoms with van der Waals surface area (Å²) in [5.74, 6) is 0.171. The van der Waals surface area contributed by atoms with Crippen LogP contribution >= 0.6 is 23.7 Å². The average molecular weight is 419 g/mol. The summed E-state index contributed by atoms with van der Waals surface area (Å²) in [4.78, 5) is 16.9. The van der Waals surface area contributed by atoms with Gasteiger partial charge in [-0.05, 0) is 50.2 Å². The van der Waals surface area contributed by atoms with Crippen molar-refractivity contribution in [2.75, 3.05) is 18.4 Å².